The van der Waals surface area contributed by atoms with E-state index in [2.05, 4.69) is 9.97 Å². The molecule has 26 heavy (non-hydrogen) atoms. The Hall–Kier alpha value is -3.73. The van der Waals surface area contributed by atoms with Gasteiger partial charge in [-0.15, -0.1) is 0 Å². The lowest BCUT2D eigenvalue weighted by Gasteiger charge is -2.05. The molecule has 2 aromatic heterocycles. The molecule has 126 valence electrons. The summed E-state index contributed by atoms with van der Waals surface area (Å²) < 4.78 is 0. The van der Waals surface area contributed by atoms with Crippen LogP contribution in [-0.2, 0) is 0 Å². The number of fused-ring (bicyclic) bond motifs is 2. The normalized spacial score (nSPS) is 11.4. The highest BCUT2D eigenvalue weighted by atomic mass is 16.3. The van der Waals surface area contributed by atoms with E-state index >= 15 is 0 Å². The van der Waals surface area contributed by atoms with E-state index in [-0.39, 0.29) is 17.3 Å². The SMILES string of the molecule is O=C(C=Cc1ccc(O)c2ncccc12)c1ccc(O)c2ncccc12. The molecule has 0 amide bonds. The predicted molar refractivity (Wildman–Crippen MR) is 100 cm³/mol. The smallest absolute Gasteiger partial charge is 0.186 e. The highest BCUT2D eigenvalue weighted by molar-refractivity contribution is 6.15. The molecular weight excluding hydrogens is 328 g/mol. The molecule has 0 aliphatic heterocycles. The van der Waals surface area contributed by atoms with Crippen molar-refractivity contribution in [3.8, 4) is 11.5 Å². The van der Waals surface area contributed by atoms with Gasteiger partial charge in [0.2, 0.25) is 0 Å². The number of phenols is 2. The van der Waals surface area contributed by atoms with Gasteiger partial charge >= 0.3 is 0 Å². The summed E-state index contributed by atoms with van der Waals surface area (Å²) in [5, 5.41) is 21.2. The monoisotopic (exact) mass is 342 g/mol. The number of pyridine rings is 2. The first-order valence-corrected chi connectivity index (χ1v) is 8.01. The van der Waals surface area contributed by atoms with E-state index in [0.29, 0.717) is 22.0 Å². The summed E-state index contributed by atoms with van der Waals surface area (Å²) in [5.41, 5.74) is 2.12. The van der Waals surface area contributed by atoms with E-state index in [1.165, 1.54) is 12.1 Å². The van der Waals surface area contributed by atoms with Crippen molar-refractivity contribution in [1.82, 2.24) is 9.97 Å². The first kappa shape index (κ1) is 15.8. The van der Waals surface area contributed by atoms with E-state index in [1.54, 1.807) is 54.9 Å². The summed E-state index contributed by atoms with van der Waals surface area (Å²) >= 11 is 0. The molecule has 4 aromatic rings. The van der Waals surface area contributed by atoms with Gasteiger partial charge < -0.3 is 10.2 Å². The van der Waals surface area contributed by atoms with Crippen molar-refractivity contribution in [3.63, 3.8) is 0 Å². The van der Waals surface area contributed by atoms with Crippen molar-refractivity contribution < 1.29 is 15.0 Å². The molecule has 5 heteroatoms. The second-order valence-electron chi connectivity index (χ2n) is 5.80. The van der Waals surface area contributed by atoms with Gasteiger partial charge in [0.25, 0.3) is 0 Å². The lowest BCUT2D eigenvalue weighted by Crippen LogP contribution is -1.96. The van der Waals surface area contributed by atoms with Gasteiger partial charge in [0, 0.05) is 28.7 Å². The second kappa shape index (κ2) is 6.29. The van der Waals surface area contributed by atoms with Gasteiger partial charge in [-0.2, -0.15) is 0 Å². The van der Waals surface area contributed by atoms with Gasteiger partial charge in [0.1, 0.15) is 22.5 Å². The van der Waals surface area contributed by atoms with Crippen molar-refractivity contribution in [2.24, 2.45) is 0 Å². The van der Waals surface area contributed by atoms with Crippen LogP contribution < -0.4 is 0 Å². The zero-order chi connectivity index (χ0) is 18.1. The fourth-order valence-corrected chi connectivity index (χ4v) is 2.95. The summed E-state index contributed by atoms with van der Waals surface area (Å²) in [6.45, 7) is 0. The Kier molecular flexibility index (Phi) is 3.82. The van der Waals surface area contributed by atoms with Gasteiger partial charge in [-0.1, -0.05) is 24.3 Å². The molecule has 0 aliphatic rings. The van der Waals surface area contributed by atoms with E-state index in [0.717, 1.165) is 10.9 Å². The second-order valence-corrected chi connectivity index (χ2v) is 5.80. The Morgan fingerprint density at radius 3 is 2.15 bits per heavy atom. The Labute approximate surface area is 148 Å². The maximum absolute atomic E-state index is 12.7. The predicted octanol–water partition coefficient (Wildman–Crippen LogP) is 4.09. The Balaban J connectivity index is 1.76. The average molecular weight is 342 g/mol. The van der Waals surface area contributed by atoms with Crippen molar-refractivity contribution >= 4 is 33.7 Å². The van der Waals surface area contributed by atoms with Crippen LogP contribution >= 0.6 is 0 Å². The molecule has 0 spiro atoms. The molecule has 0 saturated heterocycles. The van der Waals surface area contributed by atoms with Crippen LogP contribution in [0.25, 0.3) is 27.9 Å². The largest absolute Gasteiger partial charge is 0.506 e. The van der Waals surface area contributed by atoms with Gasteiger partial charge in [0.05, 0.1) is 0 Å². The molecule has 0 saturated carbocycles. The van der Waals surface area contributed by atoms with Crippen molar-refractivity contribution in [1.29, 1.82) is 0 Å². The molecule has 2 aromatic carbocycles. The minimum Gasteiger partial charge on any atom is -0.506 e. The molecule has 4 rings (SSSR count). The van der Waals surface area contributed by atoms with E-state index in [1.807, 2.05) is 6.07 Å². The summed E-state index contributed by atoms with van der Waals surface area (Å²) in [4.78, 5) is 21.0. The molecule has 2 heterocycles. The third kappa shape index (κ3) is 2.65. The number of rotatable bonds is 3. The van der Waals surface area contributed by atoms with Crippen molar-refractivity contribution in [2.45, 2.75) is 0 Å². The van der Waals surface area contributed by atoms with Gasteiger partial charge in [0.15, 0.2) is 5.78 Å². The summed E-state index contributed by atoms with van der Waals surface area (Å²) in [7, 11) is 0. The van der Waals surface area contributed by atoms with Crippen LogP contribution in [0.3, 0.4) is 0 Å². The number of allylic oxidation sites excluding steroid dienone is 1. The van der Waals surface area contributed by atoms with Crippen molar-refractivity contribution in [2.75, 3.05) is 0 Å². The number of benzene rings is 2. The number of carbonyl (C=O) groups is 1. The number of aromatic hydroxyl groups is 2. The lowest BCUT2D eigenvalue weighted by molar-refractivity contribution is 0.104. The fraction of sp³-hybridized carbons (Fsp3) is 0. The first-order chi connectivity index (χ1) is 12.6. The third-order valence-corrected chi connectivity index (χ3v) is 4.21. The van der Waals surface area contributed by atoms with Crippen LogP contribution in [0.15, 0.2) is 67.0 Å². The lowest BCUT2D eigenvalue weighted by atomic mass is 10.0. The molecule has 0 radical (unpaired) electrons. The van der Waals surface area contributed by atoms with Gasteiger partial charge in [-0.05, 0) is 42.0 Å². The highest BCUT2D eigenvalue weighted by Gasteiger charge is 2.11. The summed E-state index contributed by atoms with van der Waals surface area (Å²) in [6, 6.07) is 13.4. The minimum absolute atomic E-state index is 0.0386. The first-order valence-electron chi connectivity index (χ1n) is 8.01. The molecule has 0 fully saturated rings. The van der Waals surface area contributed by atoms with Crippen LogP contribution in [0.5, 0.6) is 11.5 Å². The average Bonchev–Trinajstić information content (AvgIpc) is 2.68. The molecule has 0 atom stereocenters. The third-order valence-electron chi connectivity index (χ3n) is 4.21. The van der Waals surface area contributed by atoms with Crippen molar-refractivity contribution in [3.05, 3.63) is 78.1 Å². The van der Waals surface area contributed by atoms with E-state index in [4.69, 9.17) is 0 Å². The molecule has 2 N–H and O–H groups in total. The number of nitrogens with zero attached hydrogens (tertiary/aromatic N) is 2. The molecule has 0 unspecified atom stereocenters. The van der Waals surface area contributed by atoms with Crippen LogP contribution in [0.4, 0.5) is 0 Å². The molecule has 0 bridgehead atoms. The Bertz CT molecular complexity index is 1180. The van der Waals surface area contributed by atoms with Gasteiger partial charge in [-0.3, -0.25) is 14.8 Å². The molecule has 0 aliphatic carbocycles. The van der Waals surface area contributed by atoms with E-state index in [9.17, 15) is 15.0 Å². The standard InChI is InChI=1S/C21H14N2O3/c24-17(15-7-10-19(26)21-16(15)4-2-12-23-21)8-5-13-6-9-18(25)20-14(13)3-1-11-22-20/h1-12,25-26H. The number of phenolic OH excluding ortho intramolecular Hbond substituents is 2. The van der Waals surface area contributed by atoms with E-state index < -0.39 is 0 Å². The zero-order valence-corrected chi connectivity index (χ0v) is 13.6. The zero-order valence-electron chi connectivity index (χ0n) is 13.6. The molecular formula is C21H14N2O3. The van der Waals surface area contributed by atoms with Gasteiger partial charge in [-0.25, -0.2) is 0 Å². The van der Waals surface area contributed by atoms with Crippen LogP contribution in [0.2, 0.25) is 0 Å². The van der Waals surface area contributed by atoms with Crippen LogP contribution in [0.1, 0.15) is 15.9 Å². The van der Waals surface area contributed by atoms with Crippen LogP contribution in [-0.4, -0.2) is 26.0 Å². The summed E-state index contributed by atoms with van der Waals surface area (Å²) in [6.07, 6.45) is 6.34. The van der Waals surface area contributed by atoms with Crippen LogP contribution in [0, 0.1) is 0 Å². The highest BCUT2D eigenvalue weighted by Crippen LogP contribution is 2.28. The number of ketones is 1. The number of carbonyl (C=O) groups excluding carboxylic acids is 1. The maximum Gasteiger partial charge on any atom is 0.186 e. The number of hydrogen-bond acceptors (Lipinski definition) is 5. The maximum atomic E-state index is 12.7. The minimum atomic E-state index is -0.201. The quantitative estimate of drug-likeness (QED) is 0.433. The number of hydrogen-bond donors (Lipinski definition) is 2. The topological polar surface area (TPSA) is 83.3 Å². The Morgan fingerprint density at radius 1 is 0.808 bits per heavy atom. The summed E-state index contributed by atoms with van der Waals surface area (Å²) in [5.74, 6) is -0.0653. The number of aromatic nitrogens is 2. The fourth-order valence-electron chi connectivity index (χ4n) is 2.95. The molecule has 5 nitrogen and oxygen atoms in total. The Morgan fingerprint density at radius 2 is 1.42 bits per heavy atom.